The van der Waals surface area contributed by atoms with Crippen molar-refractivity contribution in [1.82, 2.24) is 9.80 Å². The molecule has 0 aromatic carbocycles. The highest BCUT2D eigenvalue weighted by Crippen LogP contribution is 2.39. The maximum Gasteiger partial charge on any atom is 0.243 e. The van der Waals surface area contributed by atoms with Gasteiger partial charge in [-0.3, -0.25) is 4.79 Å². The molecule has 23 heavy (non-hydrogen) atoms. The average Bonchev–Trinajstić information content (AvgIpc) is 3.20. The summed E-state index contributed by atoms with van der Waals surface area (Å²) in [6, 6.07) is 0. The summed E-state index contributed by atoms with van der Waals surface area (Å²) in [6.45, 7) is 0.377. The van der Waals surface area contributed by atoms with Gasteiger partial charge in [0, 0.05) is 12.7 Å². The summed E-state index contributed by atoms with van der Waals surface area (Å²) >= 11 is 0. The van der Waals surface area contributed by atoms with E-state index in [0.717, 1.165) is 12.8 Å². The summed E-state index contributed by atoms with van der Waals surface area (Å²) in [5.74, 6) is 0.0000969. The average molecular weight is 327 g/mol. The van der Waals surface area contributed by atoms with Gasteiger partial charge in [0.25, 0.3) is 0 Å². The Balaban J connectivity index is 1.78. The van der Waals surface area contributed by atoms with Gasteiger partial charge in [0.1, 0.15) is 29.7 Å². The van der Waals surface area contributed by atoms with Crippen LogP contribution in [0.5, 0.6) is 0 Å². The van der Waals surface area contributed by atoms with Gasteiger partial charge in [0.05, 0.1) is 6.67 Å². The molecule has 0 aromatic rings. The number of primary amides is 1. The fourth-order valence-electron chi connectivity index (χ4n) is 3.82. The summed E-state index contributed by atoms with van der Waals surface area (Å²) in [6.07, 6.45) is 1.28. The fraction of sp³-hybridized carbons (Fsp3) is 0.786. The minimum Gasteiger partial charge on any atom is -0.387 e. The van der Waals surface area contributed by atoms with E-state index in [1.54, 1.807) is 11.1 Å². The Kier molecular flexibility index (Phi) is 4.13. The summed E-state index contributed by atoms with van der Waals surface area (Å²) in [7, 11) is 0. The molecule has 2 heterocycles. The number of carbonyl (C=O) groups is 1. The smallest absolute Gasteiger partial charge is 0.243 e. The quantitative estimate of drug-likeness (QED) is 0.381. The van der Waals surface area contributed by atoms with Crippen LogP contribution < -0.4 is 17.2 Å². The predicted octanol–water partition coefficient (Wildman–Crippen LogP) is -2.48. The molecular weight excluding hydrogens is 302 g/mol. The van der Waals surface area contributed by atoms with Gasteiger partial charge >= 0.3 is 0 Å². The summed E-state index contributed by atoms with van der Waals surface area (Å²) < 4.78 is 5.63. The van der Waals surface area contributed by atoms with E-state index in [4.69, 9.17) is 21.9 Å². The number of ether oxygens (including phenoxy) is 1. The molecule has 0 radical (unpaired) electrons. The van der Waals surface area contributed by atoms with E-state index in [-0.39, 0.29) is 19.1 Å². The highest BCUT2D eigenvalue weighted by Gasteiger charge is 2.50. The molecule has 1 aliphatic carbocycles. The van der Waals surface area contributed by atoms with E-state index in [2.05, 4.69) is 0 Å². The van der Waals surface area contributed by atoms with E-state index < -0.39 is 30.1 Å². The second kappa shape index (κ2) is 5.82. The van der Waals surface area contributed by atoms with Crippen LogP contribution in [0.4, 0.5) is 0 Å². The highest BCUT2D eigenvalue weighted by molar-refractivity contribution is 5.85. The number of rotatable bonds is 4. The van der Waals surface area contributed by atoms with E-state index in [0.29, 0.717) is 18.7 Å². The monoisotopic (exact) mass is 327 g/mol. The lowest BCUT2D eigenvalue weighted by atomic mass is 9.95. The van der Waals surface area contributed by atoms with Crippen molar-refractivity contribution in [3.8, 4) is 0 Å². The zero-order chi connectivity index (χ0) is 16.8. The molecule has 0 spiro atoms. The topological polar surface area (TPSA) is 151 Å². The van der Waals surface area contributed by atoms with Crippen molar-refractivity contribution in [3.05, 3.63) is 12.0 Å². The Bertz CT molecular complexity index is 507. The molecule has 8 N–H and O–H groups in total. The van der Waals surface area contributed by atoms with Crippen molar-refractivity contribution < 1.29 is 19.7 Å². The van der Waals surface area contributed by atoms with E-state index in [1.165, 1.54) is 0 Å². The molecule has 3 rings (SSSR count). The number of amides is 1. The van der Waals surface area contributed by atoms with Crippen LogP contribution in [0, 0.1) is 0 Å². The van der Waals surface area contributed by atoms with Gasteiger partial charge in [-0.25, -0.2) is 0 Å². The second-order valence-electron chi connectivity index (χ2n) is 6.52. The number of aliphatic hydroxyl groups excluding tert-OH is 2. The number of hydrogen-bond acceptors (Lipinski definition) is 8. The van der Waals surface area contributed by atoms with Crippen molar-refractivity contribution in [1.29, 1.82) is 0 Å². The molecule has 1 saturated heterocycles. The zero-order valence-electron chi connectivity index (χ0n) is 13.0. The minimum atomic E-state index is -1.12. The first-order valence-corrected chi connectivity index (χ1v) is 7.93. The largest absolute Gasteiger partial charge is 0.387 e. The van der Waals surface area contributed by atoms with Crippen LogP contribution in [0.2, 0.25) is 0 Å². The molecule has 3 aliphatic rings. The third kappa shape index (κ3) is 2.44. The van der Waals surface area contributed by atoms with Gasteiger partial charge in [-0.15, -0.1) is 0 Å². The Morgan fingerprint density at radius 2 is 2.00 bits per heavy atom. The van der Waals surface area contributed by atoms with Crippen LogP contribution in [-0.4, -0.2) is 69.2 Å². The third-order valence-corrected chi connectivity index (χ3v) is 5.24. The van der Waals surface area contributed by atoms with Crippen molar-refractivity contribution >= 4 is 5.91 Å². The second-order valence-corrected chi connectivity index (χ2v) is 6.52. The molecule has 4 atom stereocenters. The molecule has 2 aliphatic heterocycles. The Labute approximate surface area is 134 Å². The Morgan fingerprint density at radius 1 is 1.35 bits per heavy atom. The SMILES string of the molecule is NC[C@H]1O[C@@H](N2CN(C3(C(N)=O)CCCC3)C=C2N)[C@H](O)[C@@H]1O. The first-order valence-electron chi connectivity index (χ1n) is 7.93. The number of aliphatic hydroxyl groups is 2. The molecule has 1 amide bonds. The molecular formula is C14H25N5O4. The lowest BCUT2D eigenvalue weighted by molar-refractivity contribution is -0.130. The van der Waals surface area contributed by atoms with Crippen molar-refractivity contribution in [2.75, 3.05) is 13.2 Å². The van der Waals surface area contributed by atoms with Crippen LogP contribution in [-0.2, 0) is 9.53 Å². The van der Waals surface area contributed by atoms with Crippen molar-refractivity contribution in [3.63, 3.8) is 0 Å². The van der Waals surface area contributed by atoms with E-state index >= 15 is 0 Å². The van der Waals surface area contributed by atoms with Gasteiger partial charge in [-0.05, 0) is 12.8 Å². The standard InChI is InChI=1S/C14H25N5O4/c15-5-8-10(20)11(21)12(23-8)19-7-18(6-9(19)16)14(13(17)22)3-1-2-4-14/h6,8,10-12,20-21H,1-5,7,15-16H2,(H2,17,22)/t8-,10-,11-,12-/m1/s1. The van der Waals surface area contributed by atoms with Gasteiger partial charge in [-0.2, -0.15) is 0 Å². The molecule has 130 valence electrons. The van der Waals surface area contributed by atoms with Gasteiger partial charge in [-0.1, -0.05) is 12.8 Å². The van der Waals surface area contributed by atoms with Crippen molar-refractivity contribution in [2.24, 2.45) is 17.2 Å². The van der Waals surface area contributed by atoms with Gasteiger partial charge in [0.2, 0.25) is 5.91 Å². The number of carbonyl (C=O) groups excluding carboxylic acids is 1. The zero-order valence-corrected chi connectivity index (χ0v) is 13.0. The summed E-state index contributed by atoms with van der Waals surface area (Å²) in [5.41, 5.74) is 16.5. The summed E-state index contributed by atoms with van der Waals surface area (Å²) in [5, 5.41) is 20.2. The Morgan fingerprint density at radius 3 is 2.52 bits per heavy atom. The fourth-order valence-corrected chi connectivity index (χ4v) is 3.82. The number of nitrogens with zero attached hydrogens (tertiary/aromatic N) is 2. The first-order chi connectivity index (χ1) is 10.9. The van der Waals surface area contributed by atoms with Crippen LogP contribution in [0.25, 0.3) is 0 Å². The third-order valence-electron chi connectivity index (χ3n) is 5.24. The van der Waals surface area contributed by atoms with Crippen LogP contribution >= 0.6 is 0 Å². The molecule has 0 unspecified atom stereocenters. The first kappa shape index (κ1) is 16.3. The molecule has 0 aromatic heterocycles. The maximum atomic E-state index is 12.0. The van der Waals surface area contributed by atoms with Crippen LogP contribution in [0.15, 0.2) is 12.0 Å². The molecule has 0 bridgehead atoms. The normalized spacial score (nSPS) is 36.6. The van der Waals surface area contributed by atoms with E-state index in [9.17, 15) is 15.0 Å². The maximum absolute atomic E-state index is 12.0. The number of nitrogens with two attached hydrogens (primary N) is 3. The van der Waals surface area contributed by atoms with Crippen LogP contribution in [0.3, 0.4) is 0 Å². The number of hydrogen-bond donors (Lipinski definition) is 5. The van der Waals surface area contributed by atoms with Crippen LogP contribution in [0.1, 0.15) is 25.7 Å². The molecule has 9 heteroatoms. The molecule has 2 fully saturated rings. The van der Waals surface area contributed by atoms with Crippen molar-refractivity contribution in [2.45, 2.75) is 55.8 Å². The van der Waals surface area contributed by atoms with E-state index in [1.807, 2.05) is 4.90 Å². The van der Waals surface area contributed by atoms with Gasteiger partial charge < -0.3 is 42.0 Å². The predicted molar refractivity (Wildman–Crippen MR) is 80.9 cm³/mol. The molecule has 1 saturated carbocycles. The minimum absolute atomic E-state index is 0.0983. The lowest BCUT2D eigenvalue weighted by Gasteiger charge is -2.38. The highest BCUT2D eigenvalue weighted by atomic mass is 16.6. The lowest BCUT2D eigenvalue weighted by Crippen LogP contribution is -2.55. The molecule has 9 nitrogen and oxygen atoms in total. The Hall–Kier alpha value is -1.55. The van der Waals surface area contributed by atoms with Gasteiger partial charge in [0.15, 0.2) is 6.23 Å². The summed E-state index contributed by atoms with van der Waals surface area (Å²) in [4.78, 5) is 15.5.